The van der Waals surface area contributed by atoms with Crippen molar-refractivity contribution >= 4 is 12.2 Å². The zero-order chi connectivity index (χ0) is 15.2. The summed E-state index contributed by atoms with van der Waals surface area (Å²) in [5, 5.41) is 12.1. The van der Waals surface area contributed by atoms with Crippen molar-refractivity contribution in [1.82, 2.24) is 5.32 Å². The van der Waals surface area contributed by atoms with Crippen molar-refractivity contribution < 1.29 is 14.6 Å². The first-order valence-corrected chi connectivity index (χ1v) is 6.71. The predicted molar refractivity (Wildman–Crippen MR) is 80.6 cm³/mol. The van der Waals surface area contributed by atoms with Gasteiger partial charge in [-0.3, -0.25) is 0 Å². The first-order chi connectivity index (χ1) is 9.26. The first-order valence-electron chi connectivity index (χ1n) is 6.71. The summed E-state index contributed by atoms with van der Waals surface area (Å²) in [6, 6.07) is 6.99. The van der Waals surface area contributed by atoms with Crippen molar-refractivity contribution in [2.75, 3.05) is 0 Å². The third kappa shape index (κ3) is 6.83. The van der Waals surface area contributed by atoms with Gasteiger partial charge in [-0.05, 0) is 51.8 Å². The van der Waals surface area contributed by atoms with Crippen LogP contribution in [0, 0.1) is 0 Å². The maximum Gasteiger partial charge on any atom is 0.407 e. The smallest absolute Gasteiger partial charge is 0.407 e. The van der Waals surface area contributed by atoms with E-state index >= 15 is 0 Å². The van der Waals surface area contributed by atoms with E-state index in [1.807, 2.05) is 45.9 Å². The molecule has 4 nitrogen and oxygen atoms in total. The minimum Gasteiger partial charge on any atom is -0.508 e. The van der Waals surface area contributed by atoms with Gasteiger partial charge in [0.05, 0.1) is 0 Å². The fraction of sp³-hybridized carbons (Fsp3) is 0.438. The molecule has 1 rings (SSSR count). The number of nitrogens with one attached hydrogen (secondary N) is 1. The molecule has 2 N–H and O–H groups in total. The van der Waals surface area contributed by atoms with Gasteiger partial charge in [0, 0.05) is 6.04 Å². The molecule has 1 atom stereocenters. The summed E-state index contributed by atoms with van der Waals surface area (Å²) >= 11 is 0. The van der Waals surface area contributed by atoms with E-state index in [1.54, 1.807) is 18.2 Å². The Kier molecular flexibility index (Phi) is 5.62. The highest BCUT2D eigenvalue weighted by Gasteiger charge is 2.16. The maximum absolute atomic E-state index is 11.6. The number of amides is 1. The molecule has 0 radical (unpaired) electrons. The lowest BCUT2D eigenvalue weighted by Gasteiger charge is -2.21. The third-order valence-corrected chi connectivity index (χ3v) is 2.43. The monoisotopic (exact) mass is 277 g/mol. The molecule has 110 valence electrons. The number of carbonyl (C=O) groups is 1. The highest BCUT2D eigenvalue weighted by Crippen LogP contribution is 2.12. The zero-order valence-corrected chi connectivity index (χ0v) is 12.5. The SMILES string of the molecule is CC(CC=Cc1cccc(O)c1)NC(=O)OC(C)(C)C. The normalized spacial score (nSPS) is 13.2. The van der Waals surface area contributed by atoms with Crippen LogP contribution in [0.2, 0.25) is 0 Å². The van der Waals surface area contributed by atoms with Gasteiger partial charge in [0.15, 0.2) is 0 Å². The molecule has 1 aromatic carbocycles. The Labute approximate surface area is 120 Å². The predicted octanol–water partition coefficient (Wildman–Crippen LogP) is 3.71. The van der Waals surface area contributed by atoms with Crippen LogP contribution >= 0.6 is 0 Å². The van der Waals surface area contributed by atoms with Gasteiger partial charge in [-0.15, -0.1) is 0 Å². The minimum atomic E-state index is -0.485. The molecule has 20 heavy (non-hydrogen) atoms. The van der Waals surface area contributed by atoms with E-state index in [0.29, 0.717) is 6.42 Å². The summed E-state index contributed by atoms with van der Waals surface area (Å²) in [5.41, 5.74) is 0.441. The number of rotatable bonds is 4. The van der Waals surface area contributed by atoms with Crippen LogP contribution in [0.3, 0.4) is 0 Å². The highest BCUT2D eigenvalue weighted by molar-refractivity contribution is 5.68. The summed E-state index contributed by atoms with van der Waals surface area (Å²) in [5.74, 6) is 0.243. The van der Waals surface area contributed by atoms with Gasteiger partial charge in [-0.1, -0.05) is 24.3 Å². The topological polar surface area (TPSA) is 58.6 Å². The van der Waals surface area contributed by atoms with Gasteiger partial charge in [0.1, 0.15) is 11.4 Å². The van der Waals surface area contributed by atoms with Crippen LogP contribution in [0.1, 0.15) is 39.7 Å². The average Bonchev–Trinajstić information content (AvgIpc) is 2.25. The summed E-state index contributed by atoms with van der Waals surface area (Å²) < 4.78 is 5.18. The highest BCUT2D eigenvalue weighted by atomic mass is 16.6. The molecular formula is C16H23NO3. The summed E-state index contributed by atoms with van der Waals surface area (Å²) in [6.45, 7) is 7.41. The van der Waals surface area contributed by atoms with Crippen molar-refractivity contribution in [3.8, 4) is 5.75 Å². The molecule has 0 spiro atoms. The third-order valence-electron chi connectivity index (χ3n) is 2.43. The van der Waals surface area contributed by atoms with Crippen LogP contribution in [0.25, 0.3) is 6.08 Å². The number of carbonyl (C=O) groups excluding carboxylic acids is 1. The fourth-order valence-electron chi connectivity index (χ4n) is 1.60. The number of alkyl carbamates (subject to hydrolysis) is 1. The number of phenols is 1. The Bertz CT molecular complexity index is 475. The number of phenolic OH excluding ortho intramolecular Hbond substituents is 1. The number of hydrogen-bond acceptors (Lipinski definition) is 3. The van der Waals surface area contributed by atoms with Gasteiger partial charge in [0.25, 0.3) is 0 Å². The van der Waals surface area contributed by atoms with E-state index < -0.39 is 11.7 Å². The van der Waals surface area contributed by atoms with E-state index in [2.05, 4.69) is 5.32 Å². The van der Waals surface area contributed by atoms with Gasteiger partial charge in [0.2, 0.25) is 0 Å². The Balaban J connectivity index is 2.40. The molecule has 0 bridgehead atoms. The molecule has 1 unspecified atom stereocenters. The van der Waals surface area contributed by atoms with Crippen LogP contribution in [-0.2, 0) is 4.74 Å². The van der Waals surface area contributed by atoms with Gasteiger partial charge >= 0.3 is 6.09 Å². The van der Waals surface area contributed by atoms with Gasteiger partial charge < -0.3 is 15.2 Å². The quantitative estimate of drug-likeness (QED) is 0.882. The summed E-state index contributed by atoms with van der Waals surface area (Å²) in [6.07, 6.45) is 4.15. The second kappa shape index (κ2) is 6.98. The Morgan fingerprint density at radius 3 is 2.75 bits per heavy atom. The van der Waals surface area contributed by atoms with E-state index in [9.17, 15) is 9.90 Å². The molecule has 4 heteroatoms. The number of benzene rings is 1. The Morgan fingerprint density at radius 1 is 1.45 bits per heavy atom. The summed E-state index contributed by atoms with van der Waals surface area (Å²) in [7, 11) is 0. The van der Waals surface area contributed by atoms with E-state index in [-0.39, 0.29) is 11.8 Å². The molecular weight excluding hydrogens is 254 g/mol. The van der Waals surface area contributed by atoms with Crippen molar-refractivity contribution in [2.24, 2.45) is 0 Å². The first kappa shape index (κ1) is 16.1. The van der Waals surface area contributed by atoms with Crippen molar-refractivity contribution in [3.05, 3.63) is 35.9 Å². The Morgan fingerprint density at radius 2 is 2.15 bits per heavy atom. The molecule has 0 fully saturated rings. The van der Waals surface area contributed by atoms with Crippen LogP contribution in [0.4, 0.5) is 4.79 Å². The van der Waals surface area contributed by atoms with Crippen LogP contribution in [-0.4, -0.2) is 22.8 Å². The zero-order valence-electron chi connectivity index (χ0n) is 12.5. The van der Waals surface area contributed by atoms with Crippen molar-refractivity contribution in [2.45, 2.75) is 45.8 Å². The standard InChI is InChI=1S/C16H23NO3/c1-12(17-15(19)20-16(2,3)4)7-5-8-13-9-6-10-14(18)11-13/h5-6,8-12,18H,7H2,1-4H3,(H,17,19). The van der Waals surface area contributed by atoms with Gasteiger partial charge in [-0.25, -0.2) is 4.79 Å². The van der Waals surface area contributed by atoms with Crippen molar-refractivity contribution in [3.63, 3.8) is 0 Å². The number of ether oxygens (including phenoxy) is 1. The largest absolute Gasteiger partial charge is 0.508 e. The van der Waals surface area contributed by atoms with Crippen LogP contribution < -0.4 is 5.32 Å². The average molecular weight is 277 g/mol. The van der Waals surface area contributed by atoms with Crippen LogP contribution in [0.5, 0.6) is 5.75 Å². The lowest BCUT2D eigenvalue weighted by atomic mass is 10.1. The van der Waals surface area contributed by atoms with Gasteiger partial charge in [-0.2, -0.15) is 0 Å². The van der Waals surface area contributed by atoms with E-state index in [0.717, 1.165) is 5.56 Å². The molecule has 0 saturated heterocycles. The second-order valence-electron chi connectivity index (χ2n) is 5.78. The second-order valence-corrected chi connectivity index (χ2v) is 5.78. The van der Waals surface area contributed by atoms with Crippen LogP contribution in [0.15, 0.2) is 30.3 Å². The fourth-order valence-corrected chi connectivity index (χ4v) is 1.60. The minimum absolute atomic E-state index is 0.0154. The maximum atomic E-state index is 11.6. The lowest BCUT2D eigenvalue weighted by molar-refractivity contribution is 0.0509. The summed E-state index contributed by atoms with van der Waals surface area (Å²) in [4.78, 5) is 11.6. The number of aromatic hydroxyl groups is 1. The molecule has 0 aliphatic heterocycles. The molecule has 0 heterocycles. The van der Waals surface area contributed by atoms with E-state index in [4.69, 9.17) is 4.74 Å². The van der Waals surface area contributed by atoms with E-state index in [1.165, 1.54) is 0 Å². The molecule has 0 saturated carbocycles. The molecule has 0 aliphatic carbocycles. The molecule has 1 amide bonds. The lowest BCUT2D eigenvalue weighted by Crippen LogP contribution is -2.37. The molecule has 0 aliphatic rings. The Hall–Kier alpha value is -1.97. The molecule has 1 aromatic rings. The number of hydrogen-bond donors (Lipinski definition) is 2. The van der Waals surface area contributed by atoms with Crippen molar-refractivity contribution in [1.29, 1.82) is 0 Å². The molecule has 0 aromatic heterocycles.